The van der Waals surface area contributed by atoms with Crippen molar-refractivity contribution in [3.05, 3.63) is 52.2 Å². The van der Waals surface area contributed by atoms with Crippen molar-refractivity contribution in [2.45, 2.75) is 17.7 Å². The second-order valence-electron chi connectivity index (χ2n) is 5.46. The van der Waals surface area contributed by atoms with Crippen molar-refractivity contribution in [2.75, 3.05) is 26.7 Å². The van der Waals surface area contributed by atoms with Crippen LogP contribution in [0.5, 0.6) is 0 Å². The molecule has 0 aliphatic rings. The molecule has 2 rings (SSSR count). The zero-order valence-corrected chi connectivity index (χ0v) is 15.8. The smallest absolute Gasteiger partial charge is 0.251 e. The molecule has 1 aromatic carbocycles. The van der Waals surface area contributed by atoms with Crippen LogP contribution in [0.1, 0.15) is 21.7 Å². The van der Waals surface area contributed by atoms with Gasteiger partial charge in [0, 0.05) is 23.5 Å². The first-order chi connectivity index (χ1) is 12.0. The number of amides is 1. The lowest BCUT2D eigenvalue weighted by Crippen LogP contribution is -2.27. The monoisotopic (exact) mass is 381 g/mol. The summed E-state index contributed by atoms with van der Waals surface area (Å²) in [5.41, 5.74) is 0.446. The summed E-state index contributed by atoms with van der Waals surface area (Å²) in [5.74, 6) is -0.203. The predicted molar refractivity (Wildman–Crippen MR) is 101 cm³/mol. The van der Waals surface area contributed by atoms with Gasteiger partial charge in [0.25, 0.3) is 5.91 Å². The zero-order valence-electron chi connectivity index (χ0n) is 14.1. The minimum absolute atomic E-state index is 0.158. The van der Waals surface area contributed by atoms with Gasteiger partial charge in [0.2, 0.25) is 10.0 Å². The van der Waals surface area contributed by atoms with Gasteiger partial charge >= 0.3 is 0 Å². The van der Waals surface area contributed by atoms with Crippen LogP contribution in [0.4, 0.5) is 0 Å². The average Bonchev–Trinajstić information content (AvgIpc) is 3.12. The van der Waals surface area contributed by atoms with Crippen LogP contribution in [0.3, 0.4) is 0 Å². The van der Waals surface area contributed by atoms with E-state index in [4.69, 9.17) is 0 Å². The normalized spacial score (nSPS) is 11.4. The predicted octanol–water partition coefficient (Wildman–Crippen LogP) is 1.61. The molecule has 1 heterocycles. The lowest BCUT2D eigenvalue weighted by atomic mass is 10.2. The maximum absolute atomic E-state index is 12.3. The number of sulfonamides is 1. The van der Waals surface area contributed by atoms with Gasteiger partial charge in [-0.1, -0.05) is 6.07 Å². The van der Waals surface area contributed by atoms with Gasteiger partial charge < -0.3 is 10.6 Å². The molecule has 0 unspecified atom stereocenters. The molecule has 0 aliphatic carbocycles. The Morgan fingerprint density at radius 1 is 1.08 bits per heavy atom. The Hall–Kier alpha value is -1.74. The van der Waals surface area contributed by atoms with E-state index in [0.29, 0.717) is 25.1 Å². The Morgan fingerprint density at radius 2 is 1.84 bits per heavy atom. The Kier molecular flexibility index (Phi) is 7.57. The fraction of sp³-hybridized carbons (Fsp3) is 0.353. The Morgan fingerprint density at radius 3 is 2.48 bits per heavy atom. The summed E-state index contributed by atoms with van der Waals surface area (Å²) in [5, 5.41) is 7.77. The lowest BCUT2D eigenvalue weighted by molar-refractivity contribution is 0.0953. The largest absolute Gasteiger partial charge is 0.352 e. The maximum atomic E-state index is 12.3. The van der Waals surface area contributed by atoms with E-state index in [-0.39, 0.29) is 10.8 Å². The quantitative estimate of drug-likeness (QED) is 0.546. The molecule has 6 nitrogen and oxygen atoms in total. The van der Waals surface area contributed by atoms with Crippen LogP contribution in [-0.2, 0) is 16.4 Å². The van der Waals surface area contributed by atoms with Crippen LogP contribution < -0.4 is 15.4 Å². The number of hydrogen-bond donors (Lipinski definition) is 3. The van der Waals surface area contributed by atoms with E-state index < -0.39 is 10.0 Å². The summed E-state index contributed by atoms with van der Waals surface area (Å²) >= 11 is 1.60. The fourth-order valence-corrected chi connectivity index (χ4v) is 3.94. The van der Waals surface area contributed by atoms with E-state index in [0.717, 1.165) is 17.8 Å². The van der Waals surface area contributed by atoms with Gasteiger partial charge in [-0.2, -0.15) is 0 Å². The summed E-state index contributed by atoms with van der Waals surface area (Å²) in [6, 6.07) is 9.88. The Bertz CT molecular complexity index is 757. The molecule has 0 bridgehead atoms. The summed E-state index contributed by atoms with van der Waals surface area (Å²) in [6.07, 6.45) is 1.49. The van der Waals surface area contributed by atoms with Crippen molar-refractivity contribution in [2.24, 2.45) is 0 Å². The highest BCUT2D eigenvalue weighted by Gasteiger charge is 2.14. The second-order valence-corrected chi connectivity index (χ2v) is 8.26. The van der Waals surface area contributed by atoms with Gasteiger partial charge in [0.05, 0.1) is 4.90 Å². The fourth-order valence-electron chi connectivity index (χ4n) is 2.20. The topological polar surface area (TPSA) is 87.3 Å². The highest BCUT2D eigenvalue weighted by atomic mass is 32.2. The van der Waals surface area contributed by atoms with Gasteiger partial charge in [0.15, 0.2) is 0 Å². The van der Waals surface area contributed by atoms with Crippen molar-refractivity contribution >= 4 is 27.3 Å². The molecule has 136 valence electrons. The number of rotatable bonds is 10. The van der Waals surface area contributed by atoms with E-state index in [1.165, 1.54) is 24.3 Å². The highest BCUT2D eigenvalue weighted by molar-refractivity contribution is 7.89. The average molecular weight is 382 g/mol. The van der Waals surface area contributed by atoms with E-state index in [1.807, 2.05) is 24.6 Å². The molecule has 25 heavy (non-hydrogen) atoms. The van der Waals surface area contributed by atoms with Gasteiger partial charge in [0.1, 0.15) is 0 Å². The van der Waals surface area contributed by atoms with Crippen LogP contribution in [0.2, 0.25) is 0 Å². The van der Waals surface area contributed by atoms with Crippen molar-refractivity contribution in [1.29, 1.82) is 0 Å². The number of carbonyl (C=O) groups excluding carboxylic acids is 1. The van der Waals surface area contributed by atoms with E-state index in [1.54, 1.807) is 11.3 Å². The number of thiophene rings is 1. The zero-order chi connectivity index (χ0) is 18.1. The van der Waals surface area contributed by atoms with Gasteiger partial charge in [-0.05, 0) is 62.1 Å². The van der Waals surface area contributed by atoms with Crippen molar-refractivity contribution in [3.63, 3.8) is 0 Å². The summed E-state index contributed by atoms with van der Waals surface area (Å²) in [6.45, 7) is 1.75. The van der Waals surface area contributed by atoms with Crippen molar-refractivity contribution < 1.29 is 13.2 Å². The molecule has 0 aliphatic heterocycles. The third-order valence-electron chi connectivity index (χ3n) is 3.56. The van der Waals surface area contributed by atoms with Gasteiger partial charge in [-0.3, -0.25) is 4.79 Å². The lowest BCUT2D eigenvalue weighted by Gasteiger charge is -2.08. The standard InChI is InChI=1S/C17H23N3O3S2/c1-18-10-3-11-19-17(21)14-5-7-16(8-6-14)25(22,23)20-12-9-15-4-2-13-24-15/h2,4-8,13,18,20H,3,9-12H2,1H3,(H,19,21). The van der Waals surface area contributed by atoms with Crippen LogP contribution in [0.15, 0.2) is 46.7 Å². The van der Waals surface area contributed by atoms with Crippen molar-refractivity contribution in [1.82, 2.24) is 15.4 Å². The first-order valence-electron chi connectivity index (χ1n) is 8.08. The van der Waals surface area contributed by atoms with Gasteiger partial charge in [-0.25, -0.2) is 13.1 Å². The maximum Gasteiger partial charge on any atom is 0.251 e. The molecule has 0 spiro atoms. The SMILES string of the molecule is CNCCCNC(=O)c1ccc(S(=O)(=O)NCCc2cccs2)cc1. The van der Waals surface area contributed by atoms with Crippen LogP contribution >= 0.6 is 11.3 Å². The second kappa shape index (κ2) is 9.67. The molecule has 8 heteroatoms. The minimum atomic E-state index is -3.57. The molecular formula is C17H23N3O3S2. The Labute approximate surface area is 152 Å². The van der Waals surface area contributed by atoms with Gasteiger partial charge in [-0.15, -0.1) is 11.3 Å². The molecule has 3 N–H and O–H groups in total. The van der Waals surface area contributed by atoms with Crippen LogP contribution in [0.25, 0.3) is 0 Å². The Balaban J connectivity index is 1.87. The number of nitrogens with one attached hydrogen (secondary N) is 3. The van der Waals surface area contributed by atoms with E-state index in [2.05, 4.69) is 15.4 Å². The molecule has 0 saturated heterocycles. The highest BCUT2D eigenvalue weighted by Crippen LogP contribution is 2.12. The first-order valence-corrected chi connectivity index (χ1v) is 10.4. The molecule has 0 saturated carbocycles. The third kappa shape index (κ3) is 6.24. The van der Waals surface area contributed by atoms with Crippen molar-refractivity contribution in [3.8, 4) is 0 Å². The molecule has 1 amide bonds. The summed E-state index contributed by atoms with van der Waals surface area (Å²) in [7, 11) is -1.71. The summed E-state index contributed by atoms with van der Waals surface area (Å²) in [4.78, 5) is 13.3. The third-order valence-corrected chi connectivity index (χ3v) is 5.97. The molecule has 1 aromatic heterocycles. The number of carbonyl (C=O) groups is 1. The number of hydrogen-bond acceptors (Lipinski definition) is 5. The van der Waals surface area contributed by atoms with Crippen LogP contribution in [-0.4, -0.2) is 41.0 Å². The molecule has 0 atom stereocenters. The molecule has 0 radical (unpaired) electrons. The molecule has 2 aromatic rings. The molecular weight excluding hydrogens is 358 g/mol. The first kappa shape index (κ1) is 19.6. The minimum Gasteiger partial charge on any atom is -0.352 e. The summed E-state index contributed by atoms with van der Waals surface area (Å²) < 4.78 is 27.1. The van der Waals surface area contributed by atoms with Crippen LogP contribution in [0, 0.1) is 0 Å². The van der Waals surface area contributed by atoms with E-state index >= 15 is 0 Å². The van der Waals surface area contributed by atoms with E-state index in [9.17, 15) is 13.2 Å². The molecule has 0 fully saturated rings. The number of benzene rings is 1.